The molecule has 14 heavy (non-hydrogen) atoms. The van der Waals surface area contributed by atoms with Crippen LogP contribution in [-0.2, 0) is 15.3 Å². The van der Waals surface area contributed by atoms with E-state index < -0.39 is 5.79 Å². The fourth-order valence-corrected chi connectivity index (χ4v) is 1.35. The molecular formula is C10H12ClNO2. The van der Waals surface area contributed by atoms with Crippen LogP contribution in [0.3, 0.4) is 0 Å². The molecule has 1 aliphatic heterocycles. The summed E-state index contributed by atoms with van der Waals surface area (Å²) in [5.41, 5.74) is 6.54. The lowest BCUT2D eigenvalue weighted by atomic mass is 10.1. The zero-order chi connectivity index (χ0) is 9.15. The molecule has 0 spiro atoms. The Morgan fingerprint density at radius 2 is 1.64 bits per heavy atom. The van der Waals surface area contributed by atoms with Gasteiger partial charge >= 0.3 is 0 Å². The van der Waals surface area contributed by atoms with Gasteiger partial charge in [0.2, 0.25) is 0 Å². The highest BCUT2D eigenvalue weighted by Crippen LogP contribution is 2.30. The van der Waals surface area contributed by atoms with Crippen molar-refractivity contribution in [2.24, 2.45) is 5.73 Å². The minimum Gasteiger partial charge on any atom is -0.452 e. The molecule has 0 radical (unpaired) electrons. The van der Waals surface area contributed by atoms with Crippen molar-refractivity contribution in [1.82, 2.24) is 0 Å². The van der Waals surface area contributed by atoms with E-state index in [0.717, 1.165) is 5.56 Å². The van der Waals surface area contributed by atoms with Crippen molar-refractivity contribution in [2.75, 3.05) is 6.54 Å². The van der Waals surface area contributed by atoms with Crippen LogP contribution in [0.15, 0.2) is 42.9 Å². The van der Waals surface area contributed by atoms with Crippen molar-refractivity contribution in [2.45, 2.75) is 5.79 Å². The molecule has 0 fully saturated rings. The lowest BCUT2D eigenvalue weighted by Gasteiger charge is -2.26. The first-order valence-electron chi connectivity index (χ1n) is 4.14. The summed E-state index contributed by atoms with van der Waals surface area (Å²) in [6.07, 6.45) is 3.03. The van der Waals surface area contributed by atoms with Gasteiger partial charge in [0.15, 0.2) is 0 Å². The minimum atomic E-state index is -0.804. The van der Waals surface area contributed by atoms with E-state index in [-0.39, 0.29) is 12.4 Å². The largest absolute Gasteiger partial charge is 0.452 e. The molecule has 2 N–H and O–H groups in total. The van der Waals surface area contributed by atoms with Crippen LogP contribution < -0.4 is 5.73 Å². The van der Waals surface area contributed by atoms with Crippen molar-refractivity contribution in [1.29, 1.82) is 0 Å². The first kappa shape index (κ1) is 10.9. The van der Waals surface area contributed by atoms with Gasteiger partial charge in [-0.3, -0.25) is 0 Å². The summed E-state index contributed by atoms with van der Waals surface area (Å²) in [4.78, 5) is 0. The standard InChI is InChI=1S/C10H11NO2.ClH/c11-8-10(12-6-7-13-10)9-4-2-1-3-5-9;/h1-7H,8,11H2;1H. The van der Waals surface area contributed by atoms with Gasteiger partial charge in [0.1, 0.15) is 12.5 Å². The van der Waals surface area contributed by atoms with Crippen LogP contribution in [0.25, 0.3) is 0 Å². The molecule has 2 rings (SSSR count). The normalized spacial score (nSPS) is 16.6. The molecule has 1 aliphatic rings. The molecule has 0 unspecified atom stereocenters. The molecule has 3 nitrogen and oxygen atoms in total. The maximum absolute atomic E-state index is 5.61. The van der Waals surface area contributed by atoms with Crippen LogP contribution in [0.4, 0.5) is 0 Å². The van der Waals surface area contributed by atoms with E-state index in [1.165, 1.54) is 12.5 Å². The summed E-state index contributed by atoms with van der Waals surface area (Å²) in [5.74, 6) is -0.804. The molecule has 1 aromatic rings. The Bertz CT molecular complexity index is 305. The van der Waals surface area contributed by atoms with Gasteiger partial charge in [-0.1, -0.05) is 30.3 Å². The second-order valence-corrected chi connectivity index (χ2v) is 2.83. The Morgan fingerprint density at radius 3 is 2.14 bits per heavy atom. The van der Waals surface area contributed by atoms with Gasteiger partial charge in [0.25, 0.3) is 5.79 Å². The van der Waals surface area contributed by atoms with Crippen LogP contribution in [0.2, 0.25) is 0 Å². The average molecular weight is 214 g/mol. The molecule has 1 heterocycles. The Hall–Kier alpha value is -1.19. The third-order valence-electron chi connectivity index (χ3n) is 2.05. The Balaban J connectivity index is 0.000000980. The van der Waals surface area contributed by atoms with Gasteiger partial charge in [-0.2, -0.15) is 0 Å². The molecule has 76 valence electrons. The van der Waals surface area contributed by atoms with E-state index in [9.17, 15) is 0 Å². The molecular weight excluding hydrogens is 202 g/mol. The molecule has 0 saturated heterocycles. The third kappa shape index (κ3) is 1.69. The second kappa shape index (κ2) is 4.35. The first-order valence-corrected chi connectivity index (χ1v) is 4.14. The maximum Gasteiger partial charge on any atom is 0.289 e. The smallest absolute Gasteiger partial charge is 0.289 e. The van der Waals surface area contributed by atoms with Gasteiger partial charge in [0.05, 0.1) is 6.54 Å². The molecule has 0 bridgehead atoms. The van der Waals surface area contributed by atoms with Crippen molar-refractivity contribution in [3.63, 3.8) is 0 Å². The van der Waals surface area contributed by atoms with Gasteiger partial charge in [0, 0.05) is 5.56 Å². The topological polar surface area (TPSA) is 44.5 Å². The van der Waals surface area contributed by atoms with E-state index in [1.807, 2.05) is 30.3 Å². The van der Waals surface area contributed by atoms with Crippen LogP contribution in [0.5, 0.6) is 0 Å². The van der Waals surface area contributed by atoms with Crippen molar-refractivity contribution in [3.05, 3.63) is 48.4 Å². The number of benzene rings is 1. The number of halogens is 1. The fourth-order valence-electron chi connectivity index (χ4n) is 1.35. The average Bonchev–Trinajstić information content (AvgIpc) is 2.69. The van der Waals surface area contributed by atoms with Crippen molar-refractivity contribution in [3.8, 4) is 0 Å². The lowest BCUT2D eigenvalue weighted by molar-refractivity contribution is -0.140. The van der Waals surface area contributed by atoms with Gasteiger partial charge in [-0.15, -0.1) is 12.4 Å². The van der Waals surface area contributed by atoms with Gasteiger partial charge < -0.3 is 15.2 Å². The van der Waals surface area contributed by atoms with E-state index >= 15 is 0 Å². The van der Waals surface area contributed by atoms with Crippen LogP contribution in [0.1, 0.15) is 5.56 Å². The summed E-state index contributed by atoms with van der Waals surface area (Å²) < 4.78 is 10.7. The summed E-state index contributed by atoms with van der Waals surface area (Å²) in [6, 6.07) is 9.66. The van der Waals surface area contributed by atoms with Gasteiger partial charge in [-0.25, -0.2) is 0 Å². The predicted molar refractivity (Wildman–Crippen MR) is 55.7 cm³/mol. The molecule has 0 atom stereocenters. The van der Waals surface area contributed by atoms with E-state index in [4.69, 9.17) is 15.2 Å². The summed E-state index contributed by atoms with van der Waals surface area (Å²) >= 11 is 0. The fraction of sp³-hybridized carbons (Fsp3) is 0.200. The van der Waals surface area contributed by atoms with E-state index in [2.05, 4.69) is 0 Å². The SMILES string of the molecule is Cl.NCC1(c2ccccc2)OC=CO1. The molecule has 0 aromatic heterocycles. The number of nitrogens with two attached hydrogens (primary N) is 1. The predicted octanol–water partition coefficient (Wildman–Crippen LogP) is 1.74. The van der Waals surface area contributed by atoms with Crippen molar-refractivity contribution < 1.29 is 9.47 Å². The van der Waals surface area contributed by atoms with E-state index in [0.29, 0.717) is 6.54 Å². The molecule has 0 saturated carbocycles. The summed E-state index contributed by atoms with van der Waals surface area (Å²) in [6.45, 7) is 0.296. The highest BCUT2D eigenvalue weighted by atomic mass is 35.5. The Kier molecular flexibility index (Phi) is 3.38. The lowest BCUT2D eigenvalue weighted by Crippen LogP contribution is -2.35. The quantitative estimate of drug-likeness (QED) is 0.814. The second-order valence-electron chi connectivity index (χ2n) is 2.83. The minimum absolute atomic E-state index is 0. The zero-order valence-electron chi connectivity index (χ0n) is 7.55. The van der Waals surface area contributed by atoms with Crippen molar-refractivity contribution >= 4 is 12.4 Å². The highest BCUT2D eigenvalue weighted by Gasteiger charge is 2.36. The molecule has 0 aliphatic carbocycles. The van der Waals surface area contributed by atoms with Crippen LogP contribution in [-0.4, -0.2) is 6.54 Å². The Labute approximate surface area is 88.9 Å². The maximum atomic E-state index is 5.61. The number of rotatable bonds is 2. The Morgan fingerprint density at radius 1 is 1.07 bits per heavy atom. The highest BCUT2D eigenvalue weighted by molar-refractivity contribution is 5.85. The molecule has 0 amide bonds. The van der Waals surface area contributed by atoms with E-state index in [1.54, 1.807) is 0 Å². The van der Waals surface area contributed by atoms with Crippen LogP contribution in [0, 0.1) is 0 Å². The summed E-state index contributed by atoms with van der Waals surface area (Å²) in [7, 11) is 0. The molecule has 1 aromatic carbocycles. The van der Waals surface area contributed by atoms with Crippen LogP contribution >= 0.6 is 12.4 Å². The monoisotopic (exact) mass is 213 g/mol. The summed E-state index contributed by atoms with van der Waals surface area (Å²) in [5, 5.41) is 0. The first-order chi connectivity index (χ1) is 6.37. The molecule has 4 heteroatoms. The number of hydrogen-bond donors (Lipinski definition) is 1. The zero-order valence-corrected chi connectivity index (χ0v) is 8.37. The number of ether oxygens (including phenoxy) is 2. The van der Waals surface area contributed by atoms with Gasteiger partial charge in [-0.05, 0) is 0 Å². The third-order valence-corrected chi connectivity index (χ3v) is 2.05. The number of hydrogen-bond acceptors (Lipinski definition) is 3.